The van der Waals surface area contributed by atoms with Gasteiger partial charge in [-0.1, -0.05) is 48.0 Å². The van der Waals surface area contributed by atoms with E-state index in [2.05, 4.69) is 5.32 Å². The molecule has 1 amide bonds. The molecule has 0 aromatic heterocycles. The monoisotopic (exact) mass is 393 g/mol. The molecule has 0 aliphatic rings. The highest BCUT2D eigenvalue weighted by molar-refractivity contribution is 6.04. The van der Waals surface area contributed by atoms with E-state index in [0.717, 1.165) is 6.42 Å². The van der Waals surface area contributed by atoms with Crippen molar-refractivity contribution in [3.63, 3.8) is 0 Å². The summed E-state index contributed by atoms with van der Waals surface area (Å²) in [6.45, 7) is 12.4. The molecule has 0 aromatic rings. The Hall–Kier alpha value is -0.690. The van der Waals surface area contributed by atoms with Crippen LogP contribution in [-0.4, -0.2) is 41.5 Å². The number of aliphatic hydroxyl groups is 1. The maximum absolute atomic E-state index is 12.8. The van der Waals surface area contributed by atoms with Crippen molar-refractivity contribution in [1.82, 2.24) is 5.32 Å². The third-order valence-electron chi connectivity index (χ3n) is 4.53. The smallest absolute Gasteiger partial charge is 0.233 e. The Morgan fingerprint density at radius 1 is 1.00 bits per heavy atom. The summed E-state index contributed by atoms with van der Waals surface area (Å²) in [5, 5.41) is 13.4. The third-order valence-corrected chi connectivity index (χ3v) is 4.53. The zero-order valence-electron chi connectivity index (χ0n) is 17.2. The van der Waals surface area contributed by atoms with Crippen molar-refractivity contribution in [3.05, 3.63) is 0 Å². The number of Topliss-reactive ketones (excluding diaryl/α,β-unsaturated/α-hetero) is 1. The van der Waals surface area contributed by atoms with Crippen LogP contribution in [0.25, 0.3) is 0 Å². The van der Waals surface area contributed by atoms with Gasteiger partial charge in [0.2, 0.25) is 5.91 Å². The summed E-state index contributed by atoms with van der Waals surface area (Å²) in [5.41, 5.74) is 12.1. The Balaban J connectivity index is 0. The number of amides is 1. The molecule has 6 nitrogen and oxygen atoms in total. The number of aliphatic hydroxyl groups excluding tert-OH is 1. The maximum atomic E-state index is 12.8. The summed E-state index contributed by atoms with van der Waals surface area (Å²) in [6.07, 6.45) is 0.689. The average Bonchev–Trinajstić information content (AvgIpc) is 2.50. The van der Waals surface area contributed by atoms with E-state index < -0.39 is 35.8 Å². The highest BCUT2D eigenvalue weighted by Crippen LogP contribution is 2.18. The Kier molecular flexibility index (Phi) is 14.3. The molecule has 3 unspecified atom stereocenters. The van der Waals surface area contributed by atoms with E-state index in [1.54, 1.807) is 0 Å². The van der Waals surface area contributed by atoms with Crippen molar-refractivity contribution in [2.24, 2.45) is 35.1 Å². The second-order valence-corrected chi connectivity index (χ2v) is 8.16. The summed E-state index contributed by atoms with van der Waals surface area (Å²) in [5.74, 6) is -1.34. The molecule has 0 rings (SSSR count). The van der Waals surface area contributed by atoms with Gasteiger partial charge >= 0.3 is 0 Å². The fourth-order valence-electron chi connectivity index (χ4n) is 2.77. The summed E-state index contributed by atoms with van der Waals surface area (Å²) < 4.78 is 0. The topological polar surface area (TPSA) is 118 Å². The predicted molar refractivity (Wildman–Crippen MR) is 109 cm³/mol. The average molecular weight is 394 g/mol. The minimum atomic E-state index is -1.23. The third kappa shape index (κ3) is 9.86. The van der Waals surface area contributed by atoms with E-state index in [1.807, 2.05) is 41.5 Å². The molecular formula is C19H40ClN3O3. The van der Waals surface area contributed by atoms with Gasteiger partial charge in [0, 0.05) is 12.6 Å². The van der Waals surface area contributed by atoms with Gasteiger partial charge in [-0.05, 0) is 30.6 Å². The zero-order chi connectivity index (χ0) is 19.7. The van der Waals surface area contributed by atoms with E-state index in [9.17, 15) is 14.7 Å². The van der Waals surface area contributed by atoms with E-state index >= 15 is 0 Å². The normalized spacial score (nSPS) is 17.2. The van der Waals surface area contributed by atoms with Crippen LogP contribution in [-0.2, 0) is 9.59 Å². The fourth-order valence-corrected chi connectivity index (χ4v) is 2.77. The van der Waals surface area contributed by atoms with Gasteiger partial charge in [0.15, 0.2) is 5.78 Å². The summed E-state index contributed by atoms with van der Waals surface area (Å²) in [6, 6.07) is -1.42. The minimum absolute atomic E-state index is 0. The molecule has 0 saturated heterocycles. The first kappa shape index (κ1) is 27.5. The quantitative estimate of drug-likeness (QED) is 0.377. The van der Waals surface area contributed by atoms with Crippen LogP contribution >= 0.6 is 12.4 Å². The van der Waals surface area contributed by atoms with Crippen molar-refractivity contribution in [2.45, 2.75) is 79.0 Å². The number of carbonyl (C=O) groups excluding carboxylic acids is 2. The SMILES string of the molecule is CC[C@H](C)CNC(=O)C(C(=O)[C@@H](N)CC(C)C)C(O)C(N)CC(C)C.Cl. The highest BCUT2D eigenvalue weighted by Gasteiger charge is 2.39. The van der Waals surface area contributed by atoms with E-state index in [1.165, 1.54) is 0 Å². The Labute approximate surface area is 165 Å². The number of nitrogens with one attached hydrogen (secondary N) is 1. The molecule has 0 spiro atoms. The van der Waals surface area contributed by atoms with Gasteiger partial charge in [-0.15, -0.1) is 12.4 Å². The number of hydrogen-bond donors (Lipinski definition) is 4. The van der Waals surface area contributed by atoms with Crippen LogP contribution in [0.5, 0.6) is 0 Å². The van der Waals surface area contributed by atoms with Gasteiger partial charge in [-0.25, -0.2) is 0 Å². The highest BCUT2D eigenvalue weighted by atomic mass is 35.5. The molecule has 0 bridgehead atoms. The number of halogens is 1. The summed E-state index contributed by atoms with van der Waals surface area (Å²) in [4.78, 5) is 25.4. The van der Waals surface area contributed by atoms with Crippen molar-refractivity contribution >= 4 is 24.1 Å². The van der Waals surface area contributed by atoms with Gasteiger partial charge < -0.3 is 21.9 Å². The first-order chi connectivity index (χ1) is 11.5. The molecule has 0 aromatic carbocycles. The van der Waals surface area contributed by atoms with Crippen molar-refractivity contribution in [1.29, 1.82) is 0 Å². The standard InChI is InChI=1S/C19H39N3O3.ClH/c1-7-13(6)10-22-19(25)16(17(23)14(20)8-11(2)3)18(24)15(21)9-12(4)5;/h11-17,23H,7-10,20-21H2,1-6H3,(H,22,25);1H/t13-,14?,15-,16?,17?;/m0./s1. The predicted octanol–water partition coefficient (Wildman–Crippen LogP) is 1.86. The molecule has 0 radical (unpaired) electrons. The number of hydrogen-bond acceptors (Lipinski definition) is 5. The van der Waals surface area contributed by atoms with Crippen LogP contribution in [0.15, 0.2) is 0 Å². The van der Waals surface area contributed by atoms with Crippen molar-refractivity contribution in [2.75, 3.05) is 6.54 Å². The largest absolute Gasteiger partial charge is 0.390 e. The van der Waals surface area contributed by atoms with E-state index in [0.29, 0.717) is 25.3 Å². The molecule has 156 valence electrons. The lowest BCUT2D eigenvalue weighted by molar-refractivity contribution is -0.140. The molecule has 26 heavy (non-hydrogen) atoms. The fraction of sp³-hybridized carbons (Fsp3) is 0.895. The molecule has 0 heterocycles. The van der Waals surface area contributed by atoms with E-state index in [-0.39, 0.29) is 24.2 Å². The molecule has 6 N–H and O–H groups in total. The number of rotatable bonds is 12. The van der Waals surface area contributed by atoms with Crippen LogP contribution in [0, 0.1) is 23.7 Å². The lowest BCUT2D eigenvalue weighted by Crippen LogP contribution is -2.54. The molecule has 7 heteroatoms. The number of nitrogens with two attached hydrogens (primary N) is 2. The Bertz CT molecular complexity index is 419. The minimum Gasteiger partial charge on any atom is -0.390 e. The Morgan fingerprint density at radius 2 is 1.50 bits per heavy atom. The second kappa shape index (κ2) is 13.5. The Morgan fingerprint density at radius 3 is 1.92 bits per heavy atom. The van der Waals surface area contributed by atoms with Gasteiger partial charge in [0.1, 0.15) is 5.92 Å². The van der Waals surface area contributed by atoms with Crippen LogP contribution in [0.2, 0.25) is 0 Å². The summed E-state index contributed by atoms with van der Waals surface area (Å²) in [7, 11) is 0. The zero-order valence-corrected chi connectivity index (χ0v) is 18.0. The van der Waals surface area contributed by atoms with Crippen LogP contribution in [0.4, 0.5) is 0 Å². The molecule has 0 saturated carbocycles. The van der Waals surface area contributed by atoms with Crippen molar-refractivity contribution < 1.29 is 14.7 Å². The molecule has 0 aliphatic heterocycles. The number of carbonyl (C=O) groups is 2. The molecule has 0 fully saturated rings. The van der Waals surface area contributed by atoms with Gasteiger partial charge in [0.25, 0.3) is 0 Å². The van der Waals surface area contributed by atoms with Gasteiger partial charge in [-0.3, -0.25) is 9.59 Å². The molecule has 5 atom stereocenters. The van der Waals surface area contributed by atoms with Crippen LogP contribution < -0.4 is 16.8 Å². The number of ketones is 1. The van der Waals surface area contributed by atoms with Crippen LogP contribution in [0.1, 0.15) is 60.8 Å². The lowest BCUT2D eigenvalue weighted by Gasteiger charge is -2.29. The van der Waals surface area contributed by atoms with E-state index in [4.69, 9.17) is 11.5 Å². The molecular weight excluding hydrogens is 354 g/mol. The van der Waals surface area contributed by atoms with Gasteiger partial charge in [0.05, 0.1) is 12.1 Å². The van der Waals surface area contributed by atoms with Crippen LogP contribution in [0.3, 0.4) is 0 Å². The second-order valence-electron chi connectivity index (χ2n) is 8.16. The first-order valence-corrected chi connectivity index (χ1v) is 9.51. The van der Waals surface area contributed by atoms with Gasteiger partial charge in [-0.2, -0.15) is 0 Å². The first-order valence-electron chi connectivity index (χ1n) is 9.51. The van der Waals surface area contributed by atoms with Crippen molar-refractivity contribution in [3.8, 4) is 0 Å². The lowest BCUT2D eigenvalue weighted by atomic mass is 9.83. The molecule has 0 aliphatic carbocycles. The maximum Gasteiger partial charge on any atom is 0.233 e. The summed E-state index contributed by atoms with van der Waals surface area (Å²) >= 11 is 0.